The summed E-state index contributed by atoms with van der Waals surface area (Å²) in [7, 11) is 0. The maximum absolute atomic E-state index is 4.50. The zero-order valence-electron chi connectivity index (χ0n) is 13.4. The van der Waals surface area contributed by atoms with Crippen LogP contribution in [-0.2, 0) is 0 Å². The van der Waals surface area contributed by atoms with Crippen molar-refractivity contribution < 1.29 is 0 Å². The Kier molecular flexibility index (Phi) is 3.85. The fraction of sp³-hybridized carbons (Fsp3) is 0.500. The molecule has 0 saturated heterocycles. The van der Waals surface area contributed by atoms with Crippen molar-refractivity contribution in [2.75, 3.05) is 6.54 Å². The third kappa shape index (κ3) is 2.40. The van der Waals surface area contributed by atoms with Gasteiger partial charge in [-0.25, -0.2) is 4.98 Å². The van der Waals surface area contributed by atoms with Crippen LogP contribution in [0.4, 0.5) is 0 Å². The zero-order chi connectivity index (χ0) is 15.0. The monoisotopic (exact) mass is 283 g/mol. The van der Waals surface area contributed by atoms with Gasteiger partial charge in [-0.1, -0.05) is 38.1 Å². The van der Waals surface area contributed by atoms with Crippen molar-refractivity contribution in [1.29, 1.82) is 0 Å². The van der Waals surface area contributed by atoms with Crippen LogP contribution in [0.15, 0.2) is 30.6 Å². The molecule has 1 N–H and O–H groups in total. The number of likely N-dealkylation sites (N-methyl/N-ethyl adjacent to an activating group) is 1. The molecule has 1 aromatic heterocycles. The van der Waals surface area contributed by atoms with Crippen molar-refractivity contribution in [2.45, 2.75) is 52.1 Å². The number of aromatic nitrogens is 2. The summed E-state index contributed by atoms with van der Waals surface area (Å²) >= 11 is 0. The van der Waals surface area contributed by atoms with E-state index in [4.69, 9.17) is 0 Å². The summed E-state index contributed by atoms with van der Waals surface area (Å²) in [6.07, 6.45) is 3.17. The molecule has 3 nitrogen and oxygen atoms in total. The lowest BCUT2D eigenvalue weighted by Gasteiger charge is -2.38. The summed E-state index contributed by atoms with van der Waals surface area (Å²) in [5.41, 5.74) is 5.37. The van der Waals surface area contributed by atoms with Crippen LogP contribution in [0.5, 0.6) is 0 Å². The highest BCUT2D eigenvalue weighted by atomic mass is 15.1. The van der Waals surface area contributed by atoms with Gasteiger partial charge >= 0.3 is 0 Å². The first-order chi connectivity index (χ1) is 10.1. The van der Waals surface area contributed by atoms with Crippen LogP contribution in [0.2, 0.25) is 0 Å². The number of hydrogen-bond acceptors (Lipinski definition) is 2. The molecule has 1 heterocycles. The van der Waals surface area contributed by atoms with Gasteiger partial charge in [0.05, 0.1) is 24.1 Å². The van der Waals surface area contributed by atoms with Gasteiger partial charge in [0.1, 0.15) is 0 Å². The van der Waals surface area contributed by atoms with Gasteiger partial charge in [-0.05, 0) is 43.9 Å². The van der Waals surface area contributed by atoms with E-state index in [1.807, 2.05) is 6.33 Å². The number of benzene rings is 1. The number of imidazole rings is 1. The fourth-order valence-corrected chi connectivity index (χ4v) is 3.67. The van der Waals surface area contributed by atoms with Gasteiger partial charge in [0.25, 0.3) is 0 Å². The molecule has 1 aliphatic carbocycles. The highest BCUT2D eigenvalue weighted by Gasteiger charge is 2.34. The van der Waals surface area contributed by atoms with Crippen LogP contribution in [0.25, 0.3) is 0 Å². The molecule has 0 amide bonds. The molecule has 1 aliphatic rings. The van der Waals surface area contributed by atoms with Crippen LogP contribution >= 0.6 is 0 Å². The summed E-state index contributed by atoms with van der Waals surface area (Å²) in [6.45, 7) is 9.78. The van der Waals surface area contributed by atoms with Gasteiger partial charge < -0.3 is 9.88 Å². The van der Waals surface area contributed by atoms with Crippen LogP contribution in [0, 0.1) is 13.8 Å². The van der Waals surface area contributed by atoms with E-state index in [0.29, 0.717) is 18.0 Å². The largest absolute Gasteiger partial charge is 0.330 e. The van der Waals surface area contributed by atoms with Crippen molar-refractivity contribution in [2.24, 2.45) is 0 Å². The SMILES string of the molecule is CCNC1c2ccccc2C(C)CC1n1cnc(C)c1C. The smallest absolute Gasteiger partial charge is 0.0954 e. The molecule has 0 aliphatic heterocycles. The van der Waals surface area contributed by atoms with E-state index < -0.39 is 0 Å². The normalized spacial score (nSPS) is 24.9. The second kappa shape index (κ2) is 5.64. The quantitative estimate of drug-likeness (QED) is 0.926. The molecule has 0 saturated carbocycles. The lowest BCUT2D eigenvalue weighted by Crippen LogP contribution is -2.35. The highest BCUT2D eigenvalue weighted by Crippen LogP contribution is 2.44. The average Bonchev–Trinajstić information content (AvgIpc) is 2.82. The third-order valence-electron chi connectivity index (χ3n) is 4.91. The van der Waals surface area contributed by atoms with Crippen molar-refractivity contribution >= 4 is 0 Å². The molecule has 3 unspecified atom stereocenters. The Hall–Kier alpha value is -1.61. The molecule has 112 valence electrons. The number of rotatable bonds is 3. The lowest BCUT2D eigenvalue weighted by molar-refractivity contribution is 0.298. The van der Waals surface area contributed by atoms with E-state index in [0.717, 1.165) is 18.7 Å². The zero-order valence-corrected chi connectivity index (χ0v) is 13.4. The first-order valence-electron chi connectivity index (χ1n) is 7.95. The standard InChI is InChI=1S/C18H25N3/c1-5-19-18-16-9-7-6-8-15(16)12(2)10-17(18)21-11-20-13(3)14(21)4/h6-9,11-12,17-19H,5,10H2,1-4H3. The van der Waals surface area contributed by atoms with Gasteiger partial charge in [0.2, 0.25) is 0 Å². The summed E-state index contributed by atoms with van der Waals surface area (Å²) in [6, 6.07) is 9.69. The lowest BCUT2D eigenvalue weighted by atomic mass is 9.77. The fourth-order valence-electron chi connectivity index (χ4n) is 3.67. The topological polar surface area (TPSA) is 29.9 Å². The van der Waals surface area contributed by atoms with Gasteiger partial charge in [0, 0.05) is 5.69 Å². The number of nitrogens with zero attached hydrogens (tertiary/aromatic N) is 2. The minimum absolute atomic E-state index is 0.370. The third-order valence-corrected chi connectivity index (χ3v) is 4.91. The van der Waals surface area contributed by atoms with E-state index in [2.05, 4.69) is 66.8 Å². The first-order valence-corrected chi connectivity index (χ1v) is 7.95. The molecule has 1 aromatic carbocycles. The Morgan fingerprint density at radius 3 is 2.57 bits per heavy atom. The van der Waals surface area contributed by atoms with Gasteiger partial charge in [-0.15, -0.1) is 0 Å². The Bertz CT molecular complexity index is 629. The molecule has 2 aromatic rings. The highest BCUT2D eigenvalue weighted by molar-refractivity contribution is 5.36. The Morgan fingerprint density at radius 1 is 1.24 bits per heavy atom. The maximum atomic E-state index is 4.50. The summed E-state index contributed by atoms with van der Waals surface area (Å²) in [4.78, 5) is 4.50. The van der Waals surface area contributed by atoms with Crippen LogP contribution < -0.4 is 5.32 Å². The van der Waals surface area contributed by atoms with E-state index in [-0.39, 0.29) is 0 Å². The number of aryl methyl sites for hydroxylation is 1. The molecule has 3 rings (SSSR count). The second-order valence-electron chi connectivity index (χ2n) is 6.19. The summed E-state index contributed by atoms with van der Waals surface area (Å²) in [5.74, 6) is 0.586. The van der Waals surface area contributed by atoms with Crippen molar-refractivity contribution in [3.63, 3.8) is 0 Å². The minimum Gasteiger partial charge on any atom is -0.330 e. The predicted molar refractivity (Wildman–Crippen MR) is 86.6 cm³/mol. The molecule has 0 spiro atoms. The number of fused-ring (bicyclic) bond motifs is 1. The van der Waals surface area contributed by atoms with Crippen molar-refractivity contribution in [3.05, 3.63) is 53.1 Å². The molecule has 0 radical (unpaired) electrons. The molecular weight excluding hydrogens is 258 g/mol. The van der Waals surface area contributed by atoms with E-state index in [1.54, 1.807) is 0 Å². The van der Waals surface area contributed by atoms with Crippen LogP contribution in [-0.4, -0.2) is 16.1 Å². The van der Waals surface area contributed by atoms with E-state index in [9.17, 15) is 0 Å². The van der Waals surface area contributed by atoms with Gasteiger partial charge in [0.15, 0.2) is 0 Å². The molecule has 0 bridgehead atoms. The Morgan fingerprint density at radius 2 is 1.95 bits per heavy atom. The summed E-state index contributed by atoms with van der Waals surface area (Å²) in [5, 5.41) is 3.70. The first kappa shape index (κ1) is 14.3. The second-order valence-corrected chi connectivity index (χ2v) is 6.19. The maximum Gasteiger partial charge on any atom is 0.0954 e. The minimum atomic E-state index is 0.370. The average molecular weight is 283 g/mol. The number of nitrogens with one attached hydrogen (secondary N) is 1. The van der Waals surface area contributed by atoms with Crippen LogP contribution in [0.1, 0.15) is 60.8 Å². The predicted octanol–water partition coefficient (Wildman–Crippen LogP) is 3.90. The Labute approximate surface area is 127 Å². The number of hydrogen-bond donors (Lipinski definition) is 1. The molecular formula is C18H25N3. The molecule has 0 fully saturated rings. The van der Waals surface area contributed by atoms with E-state index >= 15 is 0 Å². The van der Waals surface area contributed by atoms with Gasteiger partial charge in [-0.2, -0.15) is 0 Å². The molecule has 3 atom stereocenters. The molecule has 21 heavy (non-hydrogen) atoms. The van der Waals surface area contributed by atoms with Gasteiger partial charge in [-0.3, -0.25) is 0 Å². The van der Waals surface area contributed by atoms with Crippen LogP contribution in [0.3, 0.4) is 0 Å². The van der Waals surface area contributed by atoms with Crippen molar-refractivity contribution in [1.82, 2.24) is 14.9 Å². The molecule has 3 heteroatoms. The van der Waals surface area contributed by atoms with Crippen molar-refractivity contribution in [3.8, 4) is 0 Å². The van der Waals surface area contributed by atoms with E-state index in [1.165, 1.54) is 16.8 Å². The summed E-state index contributed by atoms with van der Waals surface area (Å²) < 4.78 is 2.37. The Balaban J connectivity index is 2.07.